The molecule has 0 aliphatic heterocycles. The molecule has 9 heteroatoms. The largest absolute Gasteiger partial charge is 0.435 e. The summed E-state index contributed by atoms with van der Waals surface area (Å²) in [5.41, 5.74) is 1.00. The SMILES string of the molecule is CC[C@@H](C(=O)NC[C@H](C)Cn1nccc1C)n1nc(C(F)(F)F)c2c1CCC2. The lowest BCUT2D eigenvalue weighted by Crippen LogP contribution is -2.37. The Morgan fingerprint density at radius 1 is 1.36 bits per heavy atom. The van der Waals surface area contributed by atoms with E-state index < -0.39 is 17.9 Å². The van der Waals surface area contributed by atoms with Gasteiger partial charge in [-0.2, -0.15) is 23.4 Å². The van der Waals surface area contributed by atoms with Gasteiger partial charge in [0, 0.05) is 36.2 Å². The lowest BCUT2D eigenvalue weighted by atomic mass is 10.1. The van der Waals surface area contributed by atoms with Crippen LogP contribution in [0, 0.1) is 12.8 Å². The Balaban J connectivity index is 1.70. The van der Waals surface area contributed by atoms with Crippen LogP contribution in [0.15, 0.2) is 12.3 Å². The summed E-state index contributed by atoms with van der Waals surface area (Å²) in [6, 6.07) is 1.18. The molecule has 0 saturated carbocycles. The number of aryl methyl sites for hydroxylation is 1. The average molecular weight is 397 g/mol. The highest BCUT2D eigenvalue weighted by molar-refractivity contribution is 5.80. The van der Waals surface area contributed by atoms with Gasteiger partial charge in [0.15, 0.2) is 5.69 Å². The zero-order chi connectivity index (χ0) is 20.5. The molecule has 154 valence electrons. The van der Waals surface area contributed by atoms with Crippen molar-refractivity contribution in [2.24, 2.45) is 5.92 Å². The van der Waals surface area contributed by atoms with E-state index in [2.05, 4.69) is 15.5 Å². The van der Waals surface area contributed by atoms with Crippen LogP contribution in [0.5, 0.6) is 0 Å². The van der Waals surface area contributed by atoms with E-state index in [0.717, 1.165) is 5.69 Å². The van der Waals surface area contributed by atoms with E-state index in [4.69, 9.17) is 0 Å². The fourth-order valence-electron chi connectivity index (χ4n) is 3.76. The predicted molar refractivity (Wildman–Crippen MR) is 97.7 cm³/mol. The van der Waals surface area contributed by atoms with Gasteiger partial charge in [0.05, 0.1) is 0 Å². The summed E-state index contributed by atoms with van der Waals surface area (Å²) >= 11 is 0. The number of hydrogen-bond acceptors (Lipinski definition) is 3. The molecule has 2 aromatic rings. The van der Waals surface area contributed by atoms with Crippen molar-refractivity contribution in [1.82, 2.24) is 24.9 Å². The van der Waals surface area contributed by atoms with E-state index in [-0.39, 0.29) is 17.4 Å². The Labute approximate surface area is 162 Å². The number of alkyl halides is 3. The first kappa shape index (κ1) is 20.4. The van der Waals surface area contributed by atoms with Crippen LogP contribution in [0.1, 0.15) is 55.4 Å². The maximum absolute atomic E-state index is 13.3. The van der Waals surface area contributed by atoms with Gasteiger partial charge in [-0.05, 0) is 44.6 Å². The Bertz CT molecular complexity index is 839. The normalized spacial score (nSPS) is 16.1. The number of halogens is 3. The second-order valence-electron chi connectivity index (χ2n) is 7.50. The Hall–Kier alpha value is -2.32. The summed E-state index contributed by atoms with van der Waals surface area (Å²) in [6.07, 6.45) is -0.840. The van der Waals surface area contributed by atoms with Crippen LogP contribution in [0.2, 0.25) is 0 Å². The molecule has 28 heavy (non-hydrogen) atoms. The molecule has 0 saturated heterocycles. The van der Waals surface area contributed by atoms with Crippen LogP contribution in [0.3, 0.4) is 0 Å². The third-order valence-corrected chi connectivity index (χ3v) is 5.25. The molecule has 0 bridgehead atoms. The molecule has 0 spiro atoms. The Morgan fingerprint density at radius 3 is 2.71 bits per heavy atom. The molecule has 0 fully saturated rings. The highest BCUT2D eigenvalue weighted by Crippen LogP contribution is 2.37. The maximum atomic E-state index is 13.3. The van der Waals surface area contributed by atoms with Crippen molar-refractivity contribution in [3.63, 3.8) is 0 Å². The van der Waals surface area contributed by atoms with Crippen molar-refractivity contribution in [1.29, 1.82) is 0 Å². The standard InChI is InChI=1S/C19H26F3N5O/c1-4-15(18(28)23-10-12(2)11-26-13(3)8-9-24-26)27-16-7-5-6-14(16)17(25-27)19(20,21)22/h8-9,12,15H,4-7,10-11H2,1-3H3,(H,23,28)/t12-,15-/m0/s1. The summed E-state index contributed by atoms with van der Waals surface area (Å²) < 4.78 is 43.1. The van der Waals surface area contributed by atoms with E-state index in [1.807, 2.05) is 24.6 Å². The first-order chi connectivity index (χ1) is 13.2. The van der Waals surface area contributed by atoms with E-state index >= 15 is 0 Å². The molecule has 2 heterocycles. The Morgan fingerprint density at radius 2 is 2.11 bits per heavy atom. The van der Waals surface area contributed by atoms with Gasteiger partial charge in [-0.15, -0.1) is 0 Å². The highest BCUT2D eigenvalue weighted by atomic mass is 19.4. The molecule has 2 atom stereocenters. The molecule has 2 aromatic heterocycles. The van der Waals surface area contributed by atoms with E-state index in [0.29, 0.717) is 44.5 Å². The van der Waals surface area contributed by atoms with Crippen molar-refractivity contribution < 1.29 is 18.0 Å². The lowest BCUT2D eigenvalue weighted by Gasteiger charge is -2.20. The zero-order valence-corrected chi connectivity index (χ0v) is 16.4. The van der Waals surface area contributed by atoms with Crippen molar-refractivity contribution in [2.75, 3.05) is 6.54 Å². The van der Waals surface area contributed by atoms with Gasteiger partial charge in [0.25, 0.3) is 0 Å². The Kier molecular flexibility index (Phi) is 5.81. The van der Waals surface area contributed by atoms with Crippen molar-refractivity contribution in [3.05, 3.63) is 34.9 Å². The lowest BCUT2D eigenvalue weighted by molar-refractivity contribution is -0.142. The quantitative estimate of drug-likeness (QED) is 0.780. The number of hydrogen-bond donors (Lipinski definition) is 1. The van der Waals surface area contributed by atoms with Gasteiger partial charge in [-0.3, -0.25) is 14.2 Å². The molecule has 0 unspecified atom stereocenters. The van der Waals surface area contributed by atoms with Gasteiger partial charge in [-0.25, -0.2) is 0 Å². The van der Waals surface area contributed by atoms with Gasteiger partial charge in [0.2, 0.25) is 5.91 Å². The minimum Gasteiger partial charge on any atom is -0.354 e. The van der Waals surface area contributed by atoms with Crippen LogP contribution in [-0.2, 0) is 30.4 Å². The summed E-state index contributed by atoms with van der Waals surface area (Å²) in [4.78, 5) is 12.7. The minimum absolute atomic E-state index is 0.133. The number of fused-ring (bicyclic) bond motifs is 1. The number of carbonyl (C=O) groups is 1. The third kappa shape index (κ3) is 4.07. The highest BCUT2D eigenvalue weighted by Gasteiger charge is 2.41. The van der Waals surface area contributed by atoms with Crippen molar-refractivity contribution in [2.45, 2.75) is 65.2 Å². The summed E-state index contributed by atoms with van der Waals surface area (Å²) in [5, 5.41) is 10.9. The predicted octanol–water partition coefficient (Wildman–Crippen LogP) is 3.30. The number of carbonyl (C=O) groups excluding carboxylic acids is 1. The van der Waals surface area contributed by atoms with Gasteiger partial charge < -0.3 is 5.32 Å². The topological polar surface area (TPSA) is 64.7 Å². The monoisotopic (exact) mass is 397 g/mol. The van der Waals surface area contributed by atoms with Crippen molar-refractivity contribution in [3.8, 4) is 0 Å². The minimum atomic E-state index is -4.50. The summed E-state index contributed by atoms with van der Waals surface area (Å²) in [6.45, 7) is 6.82. The van der Waals surface area contributed by atoms with Crippen molar-refractivity contribution >= 4 is 5.91 Å². The summed E-state index contributed by atoms with van der Waals surface area (Å²) in [7, 11) is 0. The second kappa shape index (κ2) is 7.97. The molecule has 1 aliphatic rings. The van der Waals surface area contributed by atoms with E-state index in [1.165, 1.54) is 4.68 Å². The zero-order valence-electron chi connectivity index (χ0n) is 16.4. The number of amides is 1. The molecular weight excluding hydrogens is 371 g/mol. The molecule has 1 aliphatic carbocycles. The molecule has 0 aromatic carbocycles. The smallest absolute Gasteiger partial charge is 0.354 e. The van der Waals surface area contributed by atoms with Gasteiger partial charge in [-0.1, -0.05) is 13.8 Å². The third-order valence-electron chi connectivity index (χ3n) is 5.25. The molecule has 0 radical (unpaired) electrons. The number of rotatable bonds is 7. The summed E-state index contributed by atoms with van der Waals surface area (Å²) in [5.74, 6) is -0.161. The average Bonchev–Trinajstić information content (AvgIpc) is 3.31. The van der Waals surface area contributed by atoms with Gasteiger partial charge in [0.1, 0.15) is 6.04 Å². The number of nitrogens with one attached hydrogen (secondary N) is 1. The fraction of sp³-hybridized carbons (Fsp3) is 0.632. The van der Waals surface area contributed by atoms with Crippen LogP contribution in [0.25, 0.3) is 0 Å². The fourth-order valence-corrected chi connectivity index (χ4v) is 3.76. The first-order valence-corrected chi connectivity index (χ1v) is 9.66. The van der Waals surface area contributed by atoms with Crippen LogP contribution in [-0.4, -0.2) is 32.0 Å². The molecule has 3 rings (SSSR count). The van der Waals surface area contributed by atoms with Crippen LogP contribution >= 0.6 is 0 Å². The maximum Gasteiger partial charge on any atom is 0.435 e. The number of nitrogens with zero attached hydrogens (tertiary/aromatic N) is 4. The van der Waals surface area contributed by atoms with Crippen LogP contribution < -0.4 is 5.32 Å². The van der Waals surface area contributed by atoms with Crippen LogP contribution in [0.4, 0.5) is 13.2 Å². The number of aromatic nitrogens is 4. The first-order valence-electron chi connectivity index (χ1n) is 9.66. The molecule has 1 amide bonds. The van der Waals surface area contributed by atoms with E-state index in [1.54, 1.807) is 13.1 Å². The molecule has 1 N–H and O–H groups in total. The van der Waals surface area contributed by atoms with Gasteiger partial charge >= 0.3 is 6.18 Å². The molecular formula is C19H26F3N5O. The molecule has 6 nitrogen and oxygen atoms in total. The second-order valence-corrected chi connectivity index (χ2v) is 7.50. The van der Waals surface area contributed by atoms with E-state index in [9.17, 15) is 18.0 Å².